The van der Waals surface area contributed by atoms with E-state index in [1.807, 2.05) is 0 Å². The first-order chi connectivity index (χ1) is 19.8. The molecule has 42 heavy (non-hydrogen) atoms. The molecule has 14 heteroatoms. The second-order valence-electron chi connectivity index (χ2n) is 10.2. The topological polar surface area (TPSA) is 152 Å². The van der Waals surface area contributed by atoms with Crippen LogP contribution in [0.25, 0.3) is 0 Å². The number of rotatable bonds is 10. The van der Waals surface area contributed by atoms with Crippen LogP contribution in [-0.4, -0.2) is 80.7 Å². The summed E-state index contributed by atoms with van der Waals surface area (Å²) in [5.41, 5.74) is 6.88. The summed E-state index contributed by atoms with van der Waals surface area (Å²) >= 11 is 0. The molecule has 0 spiro atoms. The number of carbonyl (C=O) groups excluding carboxylic acids is 2. The maximum atomic E-state index is 12.7. The van der Waals surface area contributed by atoms with Crippen LogP contribution in [-0.2, 0) is 21.1 Å². The molecule has 3 N–H and O–H groups in total. The Morgan fingerprint density at radius 2 is 1.81 bits per heavy atom. The van der Waals surface area contributed by atoms with Crippen LogP contribution in [0.2, 0.25) is 0 Å². The van der Waals surface area contributed by atoms with Crippen molar-refractivity contribution >= 4 is 34.1 Å². The van der Waals surface area contributed by atoms with Crippen molar-refractivity contribution in [3.05, 3.63) is 59.2 Å². The molecule has 0 radical (unpaired) electrons. The zero-order chi connectivity index (χ0) is 30.5. The fraction of sp³-hybridized carbons (Fsp3) is 0.429. The molecule has 0 bridgehead atoms. The van der Waals surface area contributed by atoms with Crippen molar-refractivity contribution in [2.24, 2.45) is 10.7 Å². The van der Waals surface area contributed by atoms with Crippen molar-refractivity contribution in [3.8, 4) is 11.5 Å². The van der Waals surface area contributed by atoms with Gasteiger partial charge in [-0.05, 0) is 41.8 Å². The number of hydrogen-bond donors (Lipinski definition) is 2. The Bertz CT molecular complexity index is 1440. The molecule has 2 fully saturated rings. The zero-order valence-corrected chi connectivity index (χ0v) is 23.4. The number of nitrogens with zero attached hydrogens (tertiary/aromatic N) is 2. The number of nitrogens with two attached hydrogens (primary N) is 1. The number of piperidine rings is 1. The normalized spacial score (nSPS) is 19.9. The minimum absolute atomic E-state index is 0.0220. The quantitative estimate of drug-likeness (QED) is 0.395. The van der Waals surface area contributed by atoms with Crippen molar-refractivity contribution < 1.29 is 40.7 Å². The highest BCUT2D eigenvalue weighted by atomic mass is 32.2. The van der Waals surface area contributed by atoms with Crippen LogP contribution in [0.5, 0.6) is 11.5 Å². The number of amides is 2. The summed E-state index contributed by atoms with van der Waals surface area (Å²) < 4.78 is 70.3. The van der Waals surface area contributed by atoms with Crippen LogP contribution in [0, 0.1) is 5.41 Å². The minimum atomic E-state index is -4.79. The van der Waals surface area contributed by atoms with Crippen LogP contribution in [0.4, 0.5) is 13.2 Å². The number of halogens is 3. The Labute approximate surface area is 241 Å². The molecule has 4 rings (SSSR count). The molecule has 2 heterocycles. The summed E-state index contributed by atoms with van der Waals surface area (Å²) in [6, 6.07) is 9.63. The van der Waals surface area contributed by atoms with Crippen LogP contribution in [0.1, 0.15) is 46.7 Å². The van der Waals surface area contributed by atoms with E-state index in [0.717, 1.165) is 18.3 Å². The fourth-order valence-electron chi connectivity index (χ4n) is 4.88. The van der Waals surface area contributed by atoms with E-state index in [9.17, 15) is 31.2 Å². The molecule has 2 aliphatic heterocycles. The lowest BCUT2D eigenvalue weighted by Gasteiger charge is -2.32. The average molecular weight is 609 g/mol. The molecule has 0 saturated carbocycles. The predicted molar refractivity (Wildman–Crippen MR) is 149 cm³/mol. The third kappa shape index (κ3) is 8.54. The maximum absolute atomic E-state index is 12.7. The van der Waals surface area contributed by atoms with Gasteiger partial charge in [0.2, 0.25) is 5.91 Å². The van der Waals surface area contributed by atoms with Gasteiger partial charge in [-0.1, -0.05) is 18.2 Å². The van der Waals surface area contributed by atoms with Gasteiger partial charge in [-0.3, -0.25) is 14.6 Å². The van der Waals surface area contributed by atoms with E-state index < -0.39 is 28.0 Å². The summed E-state index contributed by atoms with van der Waals surface area (Å²) in [5.74, 6) is -1.48. The SMILES string of the molecule is N=CC(C=NC1CCS(=O)(=O)C1)c1ccc(OC2CCN(C(=O)Cc3ccc(OC(F)(F)F)cc3)CC2)c(C(N)=O)c1. The van der Waals surface area contributed by atoms with E-state index in [1.54, 1.807) is 17.0 Å². The largest absolute Gasteiger partial charge is 0.573 e. The van der Waals surface area contributed by atoms with E-state index >= 15 is 0 Å². The molecule has 0 aromatic heterocycles. The van der Waals surface area contributed by atoms with Crippen LogP contribution >= 0.6 is 0 Å². The van der Waals surface area contributed by atoms with Crippen molar-refractivity contribution in [1.29, 1.82) is 5.41 Å². The third-order valence-electron chi connectivity index (χ3n) is 7.10. The standard InChI is InChI=1S/C28H31F3N4O6S/c29-28(30,31)41-23-4-1-18(2-5-23)13-26(36)35-10-7-22(8-11-35)40-25-6-3-19(14-24(25)27(33)37)20(15-32)16-34-21-9-12-42(38,39)17-21/h1-6,14-16,20-22,32H,7-13,17H2,(H2,33,37). The van der Waals surface area contributed by atoms with Crippen molar-refractivity contribution in [2.75, 3.05) is 24.6 Å². The summed E-state index contributed by atoms with van der Waals surface area (Å²) in [5, 5.41) is 7.79. The Balaban J connectivity index is 1.33. The van der Waals surface area contributed by atoms with Gasteiger partial charge in [-0.25, -0.2) is 8.42 Å². The monoisotopic (exact) mass is 608 g/mol. The first kappa shape index (κ1) is 31.0. The van der Waals surface area contributed by atoms with Gasteiger partial charge in [0.1, 0.15) is 17.6 Å². The van der Waals surface area contributed by atoms with Gasteiger partial charge in [-0.2, -0.15) is 0 Å². The number of ether oxygens (including phenoxy) is 2. The number of aliphatic imine (C=N–C) groups is 1. The van der Waals surface area contributed by atoms with Crippen LogP contribution in [0.15, 0.2) is 47.5 Å². The second-order valence-corrected chi connectivity index (χ2v) is 12.5. The van der Waals surface area contributed by atoms with Crippen molar-refractivity contribution in [2.45, 2.75) is 50.1 Å². The molecule has 10 nitrogen and oxygen atoms in total. The highest BCUT2D eigenvalue weighted by Crippen LogP contribution is 2.28. The zero-order valence-electron chi connectivity index (χ0n) is 22.5. The van der Waals surface area contributed by atoms with Gasteiger partial charge in [0.15, 0.2) is 9.84 Å². The van der Waals surface area contributed by atoms with E-state index in [-0.39, 0.29) is 53.0 Å². The van der Waals surface area contributed by atoms with Crippen molar-refractivity contribution in [1.82, 2.24) is 4.90 Å². The summed E-state index contributed by atoms with van der Waals surface area (Å²) in [6.07, 6.45) is -0.984. The van der Waals surface area contributed by atoms with E-state index in [1.165, 1.54) is 24.4 Å². The Morgan fingerprint density at radius 3 is 2.38 bits per heavy atom. The lowest BCUT2D eigenvalue weighted by Crippen LogP contribution is -2.42. The average Bonchev–Trinajstić information content (AvgIpc) is 3.28. The van der Waals surface area contributed by atoms with E-state index in [2.05, 4.69) is 9.73 Å². The molecule has 2 unspecified atom stereocenters. The Hall–Kier alpha value is -3.94. The molecular weight excluding hydrogens is 577 g/mol. The number of alkyl halides is 3. The number of nitrogens with one attached hydrogen (secondary N) is 1. The van der Waals surface area contributed by atoms with E-state index in [4.69, 9.17) is 15.9 Å². The second kappa shape index (κ2) is 12.9. The maximum Gasteiger partial charge on any atom is 0.573 e. The molecule has 0 aliphatic carbocycles. The van der Waals surface area contributed by atoms with Crippen LogP contribution < -0.4 is 15.2 Å². The molecule has 2 amide bonds. The van der Waals surface area contributed by atoms with Gasteiger partial charge in [-0.15, -0.1) is 13.2 Å². The molecule has 2 saturated heterocycles. The highest BCUT2D eigenvalue weighted by molar-refractivity contribution is 7.91. The Kier molecular flexibility index (Phi) is 9.54. The molecule has 2 aliphatic rings. The lowest BCUT2D eigenvalue weighted by atomic mass is 9.98. The van der Waals surface area contributed by atoms with Gasteiger partial charge >= 0.3 is 6.36 Å². The minimum Gasteiger partial charge on any atom is -0.489 e. The highest BCUT2D eigenvalue weighted by Gasteiger charge is 2.31. The van der Waals surface area contributed by atoms with E-state index in [0.29, 0.717) is 43.5 Å². The summed E-state index contributed by atoms with van der Waals surface area (Å²) in [4.78, 5) is 31.0. The number of carbonyl (C=O) groups is 2. The molecule has 2 aromatic carbocycles. The first-order valence-corrected chi connectivity index (χ1v) is 15.1. The molecule has 2 atom stereocenters. The Morgan fingerprint density at radius 1 is 1.12 bits per heavy atom. The molecule has 2 aromatic rings. The summed E-state index contributed by atoms with van der Waals surface area (Å²) in [6.45, 7) is 0.790. The lowest BCUT2D eigenvalue weighted by molar-refractivity contribution is -0.274. The number of likely N-dealkylation sites (tertiary alicyclic amines) is 1. The predicted octanol–water partition coefficient (Wildman–Crippen LogP) is 3.29. The van der Waals surface area contributed by atoms with Gasteiger partial charge < -0.3 is 25.5 Å². The summed E-state index contributed by atoms with van der Waals surface area (Å²) in [7, 11) is -3.09. The molecule has 226 valence electrons. The van der Waals surface area contributed by atoms with Crippen LogP contribution in [0.3, 0.4) is 0 Å². The molecular formula is C28H31F3N4O6S. The number of sulfone groups is 1. The third-order valence-corrected chi connectivity index (χ3v) is 8.85. The van der Waals surface area contributed by atoms with Gasteiger partial charge in [0, 0.05) is 38.4 Å². The fourth-order valence-corrected chi connectivity index (χ4v) is 6.52. The number of hydrogen-bond acceptors (Lipinski definition) is 8. The number of primary amides is 1. The number of benzene rings is 2. The van der Waals surface area contributed by atoms with Crippen molar-refractivity contribution in [3.63, 3.8) is 0 Å². The van der Waals surface area contributed by atoms with Gasteiger partial charge in [0.25, 0.3) is 5.91 Å². The first-order valence-electron chi connectivity index (χ1n) is 13.3. The van der Waals surface area contributed by atoms with Gasteiger partial charge in [0.05, 0.1) is 35.4 Å². The smallest absolute Gasteiger partial charge is 0.489 e.